The van der Waals surface area contributed by atoms with Gasteiger partial charge in [-0.2, -0.15) is 0 Å². The van der Waals surface area contributed by atoms with Gasteiger partial charge in [-0.1, -0.05) is 52.9 Å². The minimum atomic E-state index is -1.75. The van der Waals surface area contributed by atoms with Crippen LogP contribution in [-0.2, 0) is 9.16 Å². The standard InChI is InChI=1S/C17H34O2Si2/c1-15(14-18-12-11-13-20(6,7)8)16(2)19-21(9,10)17(3,4)5/h16H,1,12,14H2,2-10H3/t16-/m1/s1. The van der Waals surface area contributed by atoms with E-state index < -0.39 is 16.4 Å². The summed E-state index contributed by atoms with van der Waals surface area (Å²) in [7, 11) is -3.04. The molecule has 0 spiro atoms. The fourth-order valence-corrected chi connectivity index (χ4v) is 3.36. The predicted molar refractivity (Wildman–Crippen MR) is 98.8 cm³/mol. The fraction of sp³-hybridized carbons (Fsp3) is 0.765. The lowest BCUT2D eigenvalue weighted by Crippen LogP contribution is -2.43. The Hall–Kier alpha value is -0.346. The van der Waals surface area contributed by atoms with Gasteiger partial charge in [0.25, 0.3) is 0 Å². The van der Waals surface area contributed by atoms with Crippen molar-refractivity contribution in [1.82, 2.24) is 0 Å². The van der Waals surface area contributed by atoms with Crippen molar-refractivity contribution in [3.8, 4) is 11.5 Å². The van der Waals surface area contributed by atoms with Gasteiger partial charge in [0.15, 0.2) is 8.32 Å². The molecule has 0 aromatic rings. The van der Waals surface area contributed by atoms with Crippen LogP contribution in [-0.4, -0.2) is 35.7 Å². The van der Waals surface area contributed by atoms with Gasteiger partial charge in [-0.25, -0.2) is 0 Å². The molecule has 21 heavy (non-hydrogen) atoms. The van der Waals surface area contributed by atoms with E-state index in [1.807, 2.05) is 0 Å². The molecule has 4 heteroatoms. The molecule has 0 bridgehead atoms. The van der Waals surface area contributed by atoms with Crippen molar-refractivity contribution >= 4 is 16.4 Å². The maximum absolute atomic E-state index is 6.31. The molecule has 0 fully saturated rings. The van der Waals surface area contributed by atoms with E-state index in [1.54, 1.807) is 0 Å². The summed E-state index contributed by atoms with van der Waals surface area (Å²) in [6, 6.07) is 0. The maximum Gasteiger partial charge on any atom is 0.192 e. The molecule has 0 aliphatic heterocycles. The topological polar surface area (TPSA) is 18.5 Å². The molecule has 0 aromatic heterocycles. The van der Waals surface area contributed by atoms with E-state index in [0.717, 1.165) is 5.57 Å². The van der Waals surface area contributed by atoms with Gasteiger partial charge in [-0.05, 0) is 30.6 Å². The Morgan fingerprint density at radius 1 is 1.14 bits per heavy atom. The van der Waals surface area contributed by atoms with Crippen LogP contribution in [0.3, 0.4) is 0 Å². The zero-order valence-electron chi connectivity index (χ0n) is 15.5. The summed E-state index contributed by atoms with van der Waals surface area (Å²) in [5, 5.41) is 0.214. The minimum Gasteiger partial charge on any atom is -0.410 e. The first kappa shape index (κ1) is 20.7. The predicted octanol–water partition coefficient (Wildman–Crippen LogP) is 4.85. The Balaban J connectivity index is 4.27. The second-order valence-electron chi connectivity index (χ2n) is 8.22. The molecule has 0 unspecified atom stereocenters. The summed E-state index contributed by atoms with van der Waals surface area (Å²) >= 11 is 0. The molecular formula is C17H34O2Si2. The smallest absolute Gasteiger partial charge is 0.192 e. The van der Waals surface area contributed by atoms with E-state index in [-0.39, 0.29) is 11.1 Å². The van der Waals surface area contributed by atoms with Gasteiger partial charge in [0.05, 0.1) is 12.7 Å². The van der Waals surface area contributed by atoms with Crippen molar-refractivity contribution in [3.63, 3.8) is 0 Å². The Kier molecular flexibility index (Phi) is 7.65. The first-order valence-corrected chi connectivity index (χ1v) is 14.1. The van der Waals surface area contributed by atoms with Crippen LogP contribution in [0.4, 0.5) is 0 Å². The van der Waals surface area contributed by atoms with E-state index in [0.29, 0.717) is 13.2 Å². The second-order valence-corrected chi connectivity index (χ2v) is 17.7. The van der Waals surface area contributed by atoms with Crippen LogP contribution in [0.2, 0.25) is 37.8 Å². The van der Waals surface area contributed by atoms with Crippen LogP contribution in [0.5, 0.6) is 0 Å². The lowest BCUT2D eigenvalue weighted by Gasteiger charge is -2.38. The summed E-state index contributed by atoms with van der Waals surface area (Å²) in [6.07, 6.45) is 0.0378. The van der Waals surface area contributed by atoms with Crippen molar-refractivity contribution in [1.29, 1.82) is 0 Å². The van der Waals surface area contributed by atoms with Crippen LogP contribution >= 0.6 is 0 Å². The molecule has 0 aliphatic rings. The molecule has 2 nitrogen and oxygen atoms in total. The monoisotopic (exact) mass is 326 g/mol. The average molecular weight is 327 g/mol. The zero-order valence-corrected chi connectivity index (χ0v) is 17.5. The molecule has 0 radical (unpaired) electrons. The molecule has 0 aliphatic carbocycles. The van der Waals surface area contributed by atoms with Crippen molar-refractivity contribution in [2.75, 3.05) is 13.2 Å². The Labute approximate surface area is 134 Å². The van der Waals surface area contributed by atoms with E-state index in [2.05, 4.69) is 78.5 Å². The molecule has 0 heterocycles. The van der Waals surface area contributed by atoms with E-state index >= 15 is 0 Å². The summed E-state index contributed by atoms with van der Waals surface area (Å²) in [6.45, 7) is 25.1. The molecule has 122 valence electrons. The first-order chi connectivity index (χ1) is 9.26. The second kappa shape index (κ2) is 7.78. The number of hydrogen-bond acceptors (Lipinski definition) is 2. The third kappa shape index (κ3) is 8.62. The summed E-state index contributed by atoms with van der Waals surface area (Å²) in [5.74, 6) is 3.11. The highest BCUT2D eigenvalue weighted by atomic mass is 28.4. The number of rotatable bonds is 6. The third-order valence-corrected chi connectivity index (χ3v) is 9.26. The van der Waals surface area contributed by atoms with E-state index in [9.17, 15) is 0 Å². The van der Waals surface area contributed by atoms with Crippen LogP contribution in [0.15, 0.2) is 12.2 Å². The van der Waals surface area contributed by atoms with Crippen molar-refractivity contribution < 1.29 is 9.16 Å². The van der Waals surface area contributed by atoms with Crippen LogP contribution in [0.25, 0.3) is 0 Å². The summed E-state index contributed by atoms with van der Waals surface area (Å²) in [4.78, 5) is 0. The summed E-state index contributed by atoms with van der Waals surface area (Å²) in [5.41, 5.74) is 4.29. The van der Waals surface area contributed by atoms with Gasteiger partial charge in [0, 0.05) is 0 Å². The molecule has 0 rings (SSSR count). The highest BCUT2D eigenvalue weighted by Gasteiger charge is 2.38. The lowest BCUT2D eigenvalue weighted by atomic mass is 10.2. The van der Waals surface area contributed by atoms with Crippen LogP contribution in [0.1, 0.15) is 27.7 Å². The van der Waals surface area contributed by atoms with Crippen LogP contribution < -0.4 is 0 Å². The fourth-order valence-electron chi connectivity index (χ4n) is 1.35. The molecular weight excluding hydrogens is 292 g/mol. The van der Waals surface area contributed by atoms with Gasteiger partial charge in [0.1, 0.15) is 14.7 Å². The SMILES string of the molecule is C=C(COCC#C[Si](C)(C)C)[C@@H](C)O[Si](C)(C)C(C)(C)C. The van der Waals surface area contributed by atoms with Gasteiger partial charge >= 0.3 is 0 Å². The minimum absolute atomic E-state index is 0.0378. The van der Waals surface area contributed by atoms with Crippen molar-refractivity contribution in [2.24, 2.45) is 0 Å². The van der Waals surface area contributed by atoms with Crippen molar-refractivity contribution in [3.05, 3.63) is 12.2 Å². The Morgan fingerprint density at radius 3 is 2.10 bits per heavy atom. The Morgan fingerprint density at radius 2 is 1.67 bits per heavy atom. The first-order valence-electron chi connectivity index (χ1n) is 7.69. The molecule has 0 N–H and O–H groups in total. The maximum atomic E-state index is 6.31. The van der Waals surface area contributed by atoms with E-state index in [1.165, 1.54) is 0 Å². The van der Waals surface area contributed by atoms with Gasteiger partial charge in [-0.15, -0.1) is 5.54 Å². The number of hydrogen-bond donors (Lipinski definition) is 0. The third-order valence-electron chi connectivity index (χ3n) is 3.78. The highest BCUT2D eigenvalue weighted by Crippen LogP contribution is 2.37. The molecule has 0 saturated heterocycles. The zero-order chi connectivity index (χ0) is 16.9. The molecule has 0 aromatic carbocycles. The van der Waals surface area contributed by atoms with E-state index in [4.69, 9.17) is 9.16 Å². The van der Waals surface area contributed by atoms with Crippen molar-refractivity contribution in [2.45, 2.75) is 71.6 Å². The molecule has 0 amide bonds. The molecule has 1 atom stereocenters. The largest absolute Gasteiger partial charge is 0.410 e. The Bertz CT molecular complexity index is 403. The summed E-state index contributed by atoms with van der Waals surface area (Å²) < 4.78 is 11.9. The highest BCUT2D eigenvalue weighted by molar-refractivity contribution is 6.83. The molecule has 0 saturated carbocycles. The number of ether oxygens (including phenoxy) is 1. The normalized spacial score (nSPS) is 14.3. The van der Waals surface area contributed by atoms with Gasteiger partial charge < -0.3 is 9.16 Å². The lowest BCUT2D eigenvalue weighted by molar-refractivity contribution is 0.158. The van der Waals surface area contributed by atoms with Gasteiger partial charge in [-0.3, -0.25) is 0 Å². The average Bonchev–Trinajstić information content (AvgIpc) is 2.24. The quantitative estimate of drug-likeness (QED) is 0.301. The van der Waals surface area contributed by atoms with Gasteiger partial charge in [0.2, 0.25) is 0 Å². The van der Waals surface area contributed by atoms with Crippen LogP contribution in [0, 0.1) is 11.5 Å².